The first kappa shape index (κ1) is 57.9. The number of allylic oxidation sites excluding steroid dienone is 23. The van der Waals surface area contributed by atoms with Crippen molar-refractivity contribution in [2.75, 3.05) is 6.61 Å². The van der Waals surface area contributed by atoms with Gasteiger partial charge in [0.1, 0.15) is 31.0 Å². The van der Waals surface area contributed by atoms with Gasteiger partial charge in [-0.05, 0) is 91.2 Å². The number of carbonyl (C=O) groups is 2. The number of esters is 1. The van der Waals surface area contributed by atoms with E-state index in [1.54, 1.807) is 0 Å². The standard InChI is InChI=1S/C58H86O8/c1-12-13-14-15-16-17-18-19-20-36-52(60)64-42-51-53(61)54(62)55(63)56(65-51)66-58(10,11)40-26-35-46(5)33-24-32-45(4)31-23-29-43(2)27-21-22-28-44(3)30-25-34-47(6)37-38-49-48(7)50(59)39-41-57(49,8)9/h21-35,37-38,51,53-56,61-63H,12-20,36,39-42H2,1-11H3/b22-21+,29-23+,30-25+,32-24+,35-26+,38-37+,43-27+,44-28+,45-31+,46-33+,47-34+/t51-,53-,54+,55-,56+/m1/s1. The number of hydrogen-bond donors (Lipinski definition) is 3. The highest BCUT2D eigenvalue weighted by Gasteiger charge is 2.46. The van der Waals surface area contributed by atoms with E-state index < -0.39 is 36.3 Å². The fourth-order valence-electron chi connectivity index (χ4n) is 7.59. The molecule has 3 N–H and O–H groups in total. The van der Waals surface area contributed by atoms with Crippen molar-refractivity contribution in [1.29, 1.82) is 0 Å². The maximum Gasteiger partial charge on any atom is 0.305 e. The van der Waals surface area contributed by atoms with Crippen LogP contribution in [-0.2, 0) is 23.8 Å². The number of Topliss-reactive ketones (excluding diaryl/α,β-unsaturated/α-hetero) is 1. The van der Waals surface area contributed by atoms with Gasteiger partial charge in [-0.3, -0.25) is 9.59 Å². The molecule has 0 saturated carbocycles. The Morgan fingerprint density at radius 2 is 1.18 bits per heavy atom. The molecular formula is C58H86O8. The molecule has 366 valence electrons. The first-order chi connectivity index (χ1) is 31.3. The monoisotopic (exact) mass is 911 g/mol. The molecule has 1 heterocycles. The van der Waals surface area contributed by atoms with Gasteiger partial charge in [-0.1, -0.05) is 203 Å². The fourth-order valence-corrected chi connectivity index (χ4v) is 7.59. The number of aliphatic hydroxyl groups excluding tert-OH is 3. The summed E-state index contributed by atoms with van der Waals surface area (Å²) in [4.78, 5) is 24.6. The number of ketones is 1. The van der Waals surface area contributed by atoms with Gasteiger partial charge in [0.2, 0.25) is 0 Å². The number of ether oxygens (including phenoxy) is 3. The van der Waals surface area contributed by atoms with Crippen LogP contribution in [0.3, 0.4) is 0 Å². The second-order valence-electron chi connectivity index (χ2n) is 19.5. The molecule has 0 aromatic carbocycles. The van der Waals surface area contributed by atoms with E-state index in [9.17, 15) is 24.9 Å². The lowest BCUT2D eigenvalue weighted by atomic mass is 9.72. The normalized spacial score (nSPS) is 23.4. The Balaban J connectivity index is 1.80. The Hall–Kier alpha value is -4.18. The van der Waals surface area contributed by atoms with Gasteiger partial charge in [0.15, 0.2) is 12.1 Å². The predicted molar refractivity (Wildman–Crippen MR) is 274 cm³/mol. The van der Waals surface area contributed by atoms with Crippen LogP contribution in [0.4, 0.5) is 0 Å². The third-order valence-corrected chi connectivity index (χ3v) is 12.0. The fraction of sp³-hybridized carbons (Fsp3) is 0.552. The summed E-state index contributed by atoms with van der Waals surface area (Å²) < 4.78 is 17.3. The van der Waals surface area contributed by atoms with Crippen molar-refractivity contribution < 1.29 is 39.1 Å². The van der Waals surface area contributed by atoms with Crippen molar-refractivity contribution in [3.63, 3.8) is 0 Å². The van der Waals surface area contributed by atoms with Gasteiger partial charge in [-0.2, -0.15) is 0 Å². The summed E-state index contributed by atoms with van der Waals surface area (Å²) in [5.41, 5.74) is 6.82. The molecule has 66 heavy (non-hydrogen) atoms. The van der Waals surface area contributed by atoms with Gasteiger partial charge in [-0.15, -0.1) is 0 Å². The zero-order valence-corrected chi connectivity index (χ0v) is 42.5. The van der Waals surface area contributed by atoms with Gasteiger partial charge in [0, 0.05) is 12.8 Å². The first-order valence-electron chi connectivity index (χ1n) is 24.5. The van der Waals surface area contributed by atoms with Crippen LogP contribution in [0.2, 0.25) is 0 Å². The number of hydrogen-bond acceptors (Lipinski definition) is 8. The third kappa shape index (κ3) is 23.5. The van der Waals surface area contributed by atoms with E-state index in [4.69, 9.17) is 14.2 Å². The molecule has 0 amide bonds. The third-order valence-electron chi connectivity index (χ3n) is 12.0. The predicted octanol–water partition coefficient (Wildman–Crippen LogP) is 13.2. The van der Waals surface area contributed by atoms with Crippen LogP contribution < -0.4 is 0 Å². The second-order valence-corrected chi connectivity index (χ2v) is 19.5. The van der Waals surface area contributed by atoms with Crippen molar-refractivity contribution in [3.05, 3.63) is 142 Å². The largest absolute Gasteiger partial charge is 0.463 e. The average molecular weight is 911 g/mol. The molecule has 2 rings (SSSR count). The van der Waals surface area contributed by atoms with Crippen molar-refractivity contribution in [2.24, 2.45) is 5.41 Å². The topological polar surface area (TPSA) is 123 Å². The minimum absolute atomic E-state index is 0.0180. The molecule has 8 nitrogen and oxygen atoms in total. The Labute approximate surface area is 399 Å². The lowest BCUT2D eigenvalue weighted by molar-refractivity contribution is -0.323. The van der Waals surface area contributed by atoms with Crippen molar-refractivity contribution in [1.82, 2.24) is 0 Å². The second kappa shape index (κ2) is 31.0. The van der Waals surface area contributed by atoms with E-state index in [0.717, 1.165) is 64.7 Å². The maximum atomic E-state index is 12.4. The molecule has 1 aliphatic heterocycles. The summed E-state index contributed by atoms with van der Waals surface area (Å²) in [5.74, 6) is -0.114. The summed E-state index contributed by atoms with van der Waals surface area (Å²) in [5, 5.41) is 31.8. The van der Waals surface area contributed by atoms with Crippen molar-refractivity contribution >= 4 is 11.8 Å². The van der Waals surface area contributed by atoms with E-state index >= 15 is 0 Å². The molecule has 1 saturated heterocycles. The molecule has 0 spiro atoms. The summed E-state index contributed by atoms with van der Waals surface area (Å²) >= 11 is 0. The number of unbranched alkanes of at least 4 members (excludes halogenated alkanes) is 8. The van der Waals surface area contributed by atoms with Gasteiger partial charge >= 0.3 is 5.97 Å². The maximum absolute atomic E-state index is 12.4. The highest BCUT2D eigenvalue weighted by molar-refractivity contribution is 5.97. The van der Waals surface area contributed by atoms with Gasteiger partial charge in [0.25, 0.3) is 0 Å². The van der Waals surface area contributed by atoms with Gasteiger partial charge in [0.05, 0.1) is 5.60 Å². The molecule has 1 aliphatic carbocycles. The van der Waals surface area contributed by atoms with Crippen LogP contribution in [-0.4, -0.2) is 70.0 Å². The van der Waals surface area contributed by atoms with Crippen LogP contribution in [0.1, 0.15) is 160 Å². The lowest BCUT2D eigenvalue weighted by Gasteiger charge is -2.42. The van der Waals surface area contributed by atoms with E-state index in [0.29, 0.717) is 19.3 Å². The quantitative estimate of drug-likeness (QED) is 0.0423. The summed E-state index contributed by atoms with van der Waals surface area (Å²) in [6, 6.07) is 0. The molecule has 1 fully saturated rings. The molecule has 0 unspecified atom stereocenters. The van der Waals surface area contributed by atoms with Gasteiger partial charge in [-0.25, -0.2) is 0 Å². The minimum Gasteiger partial charge on any atom is -0.463 e. The molecule has 0 aromatic rings. The summed E-state index contributed by atoms with van der Waals surface area (Å²) in [6.07, 6.45) is 40.9. The number of rotatable bonds is 27. The van der Waals surface area contributed by atoms with Crippen LogP contribution in [0.5, 0.6) is 0 Å². The number of aliphatic hydroxyl groups is 3. The molecular weight excluding hydrogens is 825 g/mol. The smallest absolute Gasteiger partial charge is 0.305 e. The first-order valence-corrected chi connectivity index (χ1v) is 24.5. The van der Waals surface area contributed by atoms with Crippen molar-refractivity contribution in [3.8, 4) is 0 Å². The SMILES string of the molecule is CCCCCCCCCCCC(=O)OC[C@H]1O[C@@H](OC(C)(C)C/C=C/C(C)=C/C=C/C(C)=C/C=C/C(C)=C/C=C/C=C(C)/C=C/C=C(C)/C=C/C2=C(C)C(=O)CCC2(C)C)[C@H](O)[C@@H](O)[C@@H]1O. The zero-order valence-electron chi connectivity index (χ0n) is 42.5. The molecule has 0 aromatic heterocycles. The Kier molecular flexibility index (Phi) is 27.2. The zero-order chi connectivity index (χ0) is 49.1. The minimum atomic E-state index is -1.51. The van der Waals surface area contributed by atoms with Crippen LogP contribution in [0.25, 0.3) is 0 Å². The van der Waals surface area contributed by atoms with E-state index in [1.165, 1.54) is 38.5 Å². The molecule has 8 heteroatoms. The van der Waals surface area contributed by atoms with Crippen LogP contribution >= 0.6 is 0 Å². The molecule has 0 bridgehead atoms. The van der Waals surface area contributed by atoms with E-state index in [2.05, 4.69) is 103 Å². The van der Waals surface area contributed by atoms with Crippen LogP contribution in [0, 0.1) is 5.41 Å². The van der Waals surface area contributed by atoms with E-state index in [-0.39, 0.29) is 23.8 Å². The summed E-state index contributed by atoms with van der Waals surface area (Å²) in [7, 11) is 0. The Morgan fingerprint density at radius 3 is 1.73 bits per heavy atom. The Morgan fingerprint density at radius 1 is 0.697 bits per heavy atom. The highest BCUT2D eigenvalue weighted by atomic mass is 16.7. The molecule has 0 radical (unpaired) electrons. The van der Waals surface area contributed by atoms with E-state index in [1.807, 2.05) is 76.3 Å². The average Bonchev–Trinajstić information content (AvgIpc) is 3.25. The molecule has 2 aliphatic rings. The molecule has 5 atom stereocenters. The highest BCUT2D eigenvalue weighted by Crippen LogP contribution is 2.39. The Bertz CT molecular complexity index is 1900. The van der Waals surface area contributed by atoms with Crippen molar-refractivity contribution in [2.45, 2.75) is 196 Å². The summed E-state index contributed by atoms with van der Waals surface area (Å²) in [6.45, 7) is 22.3. The van der Waals surface area contributed by atoms with Gasteiger partial charge < -0.3 is 29.5 Å². The van der Waals surface area contributed by atoms with Crippen LogP contribution in [0.15, 0.2) is 142 Å². The number of carbonyl (C=O) groups excluding carboxylic acids is 2. The lowest BCUT2D eigenvalue weighted by Crippen LogP contribution is -2.60.